The molecule has 1 aromatic carbocycles. The summed E-state index contributed by atoms with van der Waals surface area (Å²) in [6.07, 6.45) is 3.39. The molecule has 84 valence electrons. The summed E-state index contributed by atoms with van der Waals surface area (Å²) in [5.74, 6) is 0.800. The number of nitrogens with zero attached hydrogens (tertiary/aromatic N) is 2. The third-order valence-corrected chi connectivity index (χ3v) is 2.93. The highest BCUT2D eigenvalue weighted by Crippen LogP contribution is 2.23. The molecule has 0 saturated heterocycles. The van der Waals surface area contributed by atoms with Gasteiger partial charge in [-0.3, -0.25) is 0 Å². The van der Waals surface area contributed by atoms with E-state index in [4.69, 9.17) is 0 Å². The van der Waals surface area contributed by atoms with Gasteiger partial charge in [0.05, 0.1) is 5.39 Å². The van der Waals surface area contributed by atoms with E-state index in [9.17, 15) is 0 Å². The van der Waals surface area contributed by atoms with Gasteiger partial charge < -0.3 is 10.3 Å². The van der Waals surface area contributed by atoms with Gasteiger partial charge >= 0.3 is 0 Å². The molecule has 0 aliphatic carbocycles. The molecule has 3 aromatic rings. The molecule has 0 fully saturated rings. The fraction of sp³-hybridized carbons (Fsp3) is 0. The second-order valence-electron chi connectivity index (χ2n) is 3.60. The number of aromatic nitrogens is 3. The Balaban J connectivity index is 2.02. The largest absolute Gasteiger partial charge is 0.346 e. The minimum atomic E-state index is 0.800. The number of H-pyrrole nitrogens is 1. The van der Waals surface area contributed by atoms with E-state index >= 15 is 0 Å². The summed E-state index contributed by atoms with van der Waals surface area (Å²) in [4.78, 5) is 11.4. The molecule has 0 amide bonds. The molecule has 4 nitrogen and oxygen atoms in total. The molecule has 2 N–H and O–H groups in total. The summed E-state index contributed by atoms with van der Waals surface area (Å²) < 4.78 is 1.03. The second-order valence-corrected chi connectivity index (χ2v) is 4.51. The van der Waals surface area contributed by atoms with Crippen molar-refractivity contribution in [3.63, 3.8) is 0 Å². The maximum Gasteiger partial charge on any atom is 0.143 e. The quantitative estimate of drug-likeness (QED) is 0.759. The van der Waals surface area contributed by atoms with Crippen molar-refractivity contribution in [2.45, 2.75) is 0 Å². The molecule has 0 aliphatic rings. The van der Waals surface area contributed by atoms with Gasteiger partial charge in [-0.25, -0.2) is 9.97 Å². The zero-order chi connectivity index (χ0) is 11.7. The lowest BCUT2D eigenvalue weighted by Crippen LogP contribution is -1.94. The third kappa shape index (κ3) is 2.01. The van der Waals surface area contributed by atoms with E-state index < -0.39 is 0 Å². The van der Waals surface area contributed by atoms with Gasteiger partial charge in [0, 0.05) is 16.4 Å². The molecule has 2 heterocycles. The van der Waals surface area contributed by atoms with Crippen LogP contribution in [0.25, 0.3) is 11.0 Å². The minimum Gasteiger partial charge on any atom is -0.346 e. The Morgan fingerprint density at radius 2 is 2.12 bits per heavy atom. The van der Waals surface area contributed by atoms with Gasteiger partial charge in [0.1, 0.15) is 17.8 Å². The molecule has 0 atom stereocenters. The van der Waals surface area contributed by atoms with Crippen LogP contribution in [-0.4, -0.2) is 15.0 Å². The first kappa shape index (κ1) is 10.3. The van der Waals surface area contributed by atoms with Crippen LogP contribution in [-0.2, 0) is 0 Å². The number of fused-ring (bicyclic) bond motifs is 1. The number of rotatable bonds is 2. The second kappa shape index (κ2) is 4.18. The summed E-state index contributed by atoms with van der Waals surface area (Å²) >= 11 is 3.44. The summed E-state index contributed by atoms with van der Waals surface area (Å²) in [6, 6.07) is 9.90. The van der Waals surface area contributed by atoms with Gasteiger partial charge in [-0.05, 0) is 24.3 Å². The third-order valence-electron chi connectivity index (χ3n) is 2.44. The standard InChI is InChI=1S/C12H9BrN4/c13-8-2-1-3-9(6-8)17-12-10-4-5-14-11(10)15-7-16-12/h1-7H,(H2,14,15,16,17). The van der Waals surface area contributed by atoms with Gasteiger partial charge in [0.15, 0.2) is 0 Å². The maximum absolute atomic E-state index is 4.25. The number of hydrogen-bond acceptors (Lipinski definition) is 3. The van der Waals surface area contributed by atoms with Gasteiger partial charge in [0.25, 0.3) is 0 Å². The van der Waals surface area contributed by atoms with Crippen molar-refractivity contribution in [2.24, 2.45) is 0 Å². The number of hydrogen-bond donors (Lipinski definition) is 2. The molecule has 2 aromatic heterocycles. The van der Waals surface area contributed by atoms with E-state index in [1.807, 2.05) is 36.5 Å². The van der Waals surface area contributed by atoms with Crippen LogP contribution in [0.15, 0.2) is 47.3 Å². The average Bonchev–Trinajstić information content (AvgIpc) is 2.78. The molecule has 0 aliphatic heterocycles. The normalized spacial score (nSPS) is 10.6. The molecule has 0 spiro atoms. The highest BCUT2D eigenvalue weighted by atomic mass is 79.9. The smallest absolute Gasteiger partial charge is 0.143 e. The van der Waals surface area contributed by atoms with Gasteiger partial charge in [-0.15, -0.1) is 0 Å². The average molecular weight is 289 g/mol. The lowest BCUT2D eigenvalue weighted by atomic mass is 10.3. The molecular formula is C12H9BrN4. The van der Waals surface area contributed by atoms with Crippen LogP contribution in [0.5, 0.6) is 0 Å². The lowest BCUT2D eigenvalue weighted by molar-refractivity contribution is 1.20. The van der Waals surface area contributed by atoms with Crippen molar-refractivity contribution < 1.29 is 0 Å². The SMILES string of the molecule is Brc1cccc(Nc2ncnc3[nH]ccc23)c1. The van der Waals surface area contributed by atoms with Crippen LogP contribution in [0.3, 0.4) is 0 Å². The lowest BCUT2D eigenvalue weighted by Gasteiger charge is -2.06. The van der Waals surface area contributed by atoms with E-state index in [1.54, 1.807) is 6.33 Å². The predicted octanol–water partition coefficient (Wildman–Crippen LogP) is 3.46. The Labute approximate surface area is 106 Å². The fourth-order valence-corrected chi connectivity index (χ4v) is 2.07. The summed E-state index contributed by atoms with van der Waals surface area (Å²) in [7, 11) is 0. The zero-order valence-electron chi connectivity index (χ0n) is 8.81. The first-order valence-electron chi connectivity index (χ1n) is 5.13. The van der Waals surface area contributed by atoms with Crippen LogP contribution in [0.4, 0.5) is 11.5 Å². The zero-order valence-corrected chi connectivity index (χ0v) is 10.4. The van der Waals surface area contributed by atoms with Crippen molar-refractivity contribution in [3.8, 4) is 0 Å². The maximum atomic E-state index is 4.25. The Hall–Kier alpha value is -1.88. The van der Waals surface area contributed by atoms with Crippen LogP contribution in [0.1, 0.15) is 0 Å². The number of benzene rings is 1. The van der Waals surface area contributed by atoms with Crippen molar-refractivity contribution in [1.29, 1.82) is 0 Å². The Morgan fingerprint density at radius 1 is 1.18 bits per heavy atom. The van der Waals surface area contributed by atoms with Crippen molar-refractivity contribution >= 4 is 38.5 Å². The highest BCUT2D eigenvalue weighted by Gasteiger charge is 2.04. The van der Waals surface area contributed by atoms with E-state index in [0.29, 0.717) is 0 Å². The van der Waals surface area contributed by atoms with E-state index in [0.717, 1.165) is 27.0 Å². The molecule has 0 radical (unpaired) electrons. The molecule has 3 rings (SSSR count). The van der Waals surface area contributed by atoms with Crippen LogP contribution >= 0.6 is 15.9 Å². The number of nitrogens with one attached hydrogen (secondary N) is 2. The Kier molecular flexibility index (Phi) is 2.53. The highest BCUT2D eigenvalue weighted by molar-refractivity contribution is 9.10. The van der Waals surface area contributed by atoms with E-state index in [2.05, 4.69) is 36.2 Å². The summed E-state index contributed by atoms with van der Waals surface area (Å²) in [5, 5.41) is 4.25. The first-order chi connectivity index (χ1) is 8.33. The molecule has 0 bridgehead atoms. The topological polar surface area (TPSA) is 53.6 Å². The van der Waals surface area contributed by atoms with Crippen LogP contribution in [0, 0.1) is 0 Å². The van der Waals surface area contributed by atoms with Crippen molar-refractivity contribution in [3.05, 3.63) is 47.3 Å². The number of aromatic amines is 1. The molecule has 0 unspecified atom stereocenters. The van der Waals surface area contributed by atoms with Crippen LogP contribution in [0.2, 0.25) is 0 Å². The monoisotopic (exact) mass is 288 g/mol. The van der Waals surface area contributed by atoms with Crippen molar-refractivity contribution in [1.82, 2.24) is 15.0 Å². The van der Waals surface area contributed by atoms with E-state index in [1.165, 1.54) is 0 Å². The van der Waals surface area contributed by atoms with Gasteiger partial charge in [0.2, 0.25) is 0 Å². The minimum absolute atomic E-state index is 0.800. The Bertz CT molecular complexity index is 662. The molecule has 17 heavy (non-hydrogen) atoms. The molecule has 5 heteroatoms. The number of halogens is 1. The van der Waals surface area contributed by atoms with Gasteiger partial charge in [-0.1, -0.05) is 22.0 Å². The molecule has 0 saturated carbocycles. The first-order valence-corrected chi connectivity index (χ1v) is 5.93. The number of anilines is 2. The van der Waals surface area contributed by atoms with Gasteiger partial charge in [-0.2, -0.15) is 0 Å². The fourth-order valence-electron chi connectivity index (χ4n) is 1.67. The van der Waals surface area contributed by atoms with E-state index in [-0.39, 0.29) is 0 Å². The molecular weight excluding hydrogens is 280 g/mol. The van der Waals surface area contributed by atoms with Crippen molar-refractivity contribution in [2.75, 3.05) is 5.32 Å². The van der Waals surface area contributed by atoms with Crippen LogP contribution < -0.4 is 5.32 Å². The summed E-state index contributed by atoms with van der Waals surface area (Å²) in [5.41, 5.74) is 1.82. The summed E-state index contributed by atoms with van der Waals surface area (Å²) in [6.45, 7) is 0. The predicted molar refractivity (Wildman–Crippen MR) is 71.3 cm³/mol. The Morgan fingerprint density at radius 3 is 3.00 bits per heavy atom.